The number of nitro groups is 2. The second-order valence-electron chi connectivity index (χ2n) is 6.73. The Morgan fingerprint density at radius 3 is 2.29 bits per heavy atom. The lowest BCUT2D eigenvalue weighted by molar-refractivity contribution is -0.394. The minimum absolute atomic E-state index is 0.134. The van der Waals surface area contributed by atoms with Crippen molar-refractivity contribution < 1.29 is 19.3 Å². The smallest absolute Gasteiger partial charge is 0.318 e. The summed E-state index contributed by atoms with van der Waals surface area (Å²) >= 11 is 0. The molecule has 0 spiro atoms. The summed E-state index contributed by atoms with van der Waals surface area (Å²) in [5.74, 6) is 0.423. The van der Waals surface area contributed by atoms with Gasteiger partial charge in [0.25, 0.3) is 5.69 Å². The van der Waals surface area contributed by atoms with Crippen molar-refractivity contribution in [1.82, 2.24) is 0 Å². The highest BCUT2D eigenvalue weighted by molar-refractivity contribution is 5.83. The number of hydrogen-bond donors (Lipinski definition) is 0. The summed E-state index contributed by atoms with van der Waals surface area (Å²) in [6.07, 6.45) is 1.68. The number of ether oxygens (including phenoxy) is 2. The van der Waals surface area contributed by atoms with Gasteiger partial charge >= 0.3 is 5.69 Å². The van der Waals surface area contributed by atoms with Crippen LogP contribution in [0.2, 0.25) is 0 Å². The van der Waals surface area contributed by atoms with E-state index in [9.17, 15) is 20.2 Å². The van der Waals surface area contributed by atoms with Crippen LogP contribution in [0.3, 0.4) is 0 Å². The first-order valence-corrected chi connectivity index (χ1v) is 9.18. The van der Waals surface area contributed by atoms with Gasteiger partial charge in [-0.1, -0.05) is 12.1 Å². The molecule has 3 aromatic rings. The van der Waals surface area contributed by atoms with Crippen LogP contribution in [-0.4, -0.2) is 23.2 Å². The van der Waals surface area contributed by atoms with Crippen LogP contribution in [0, 0.1) is 34.1 Å². The Balaban J connectivity index is 1.90. The number of rotatable bonds is 7. The molecule has 0 atom stereocenters. The van der Waals surface area contributed by atoms with Gasteiger partial charge in [-0.25, -0.2) is 0 Å². The predicted molar refractivity (Wildman–Crippen MR) is 116 cm³/mol. The molecule has 9 nitrogen and oxygen atoms in total. The van der Waals surface area contributed by atoms with Crippen LogP contribution in [0.4, 0.5) is 17.1 Å². The maximum Gasteiger partial charge on any atom is 0.318 e. The molecule has 0 bridgehead atoms. The fourth-order valence-corrected chi connectivity index (χ4v) is 2.82. The minimum Gasteiger partial charge on any atom is -0.493 e. The zero-order valence-corrected chi connectivity index (χ0v) is 17.1. The molecule has 0 saturated heterocycles. The van der Waals surface area contributed by atoms with Crippen LogP contribution in [0.5, 0.6) is 17.2 Å². The molecule has 0 N–H and O–H groups in total. The first kappa shape index (κ1) is 21.4. The molecule has 0 amide bonds. The molecule has 0 fully saturated rings. The summed E-state index contributed by atoms with van der Waals surface area (Å²) in [4.78, 5) is 25.3. The number of nitro benzene ring substituents is 2. The summed E-state index contributed by atoms with van der Waals surface area (Å²) in [5, 5.41) is 22.2. The number of methoxy groups -OCH3 is 1. The normalized spacial score (nSPS) is 10.8. The molecular weight excluding hydrogens is 402 g/mol. The van der Waals surface area contributed by atoms with Crippen LogP contribution in [-0.2, 0) is 0 Å². The van der Waals surface area contributed by atoms with Crippen molar-refractivity contribution in [3.05, 3.63) is 91.5 Å². The average Bonchev–Trinajstić information content (AvgIpc) is 2.75. The Morgan fingerprint density at radius 2 is 1.61 bits per heavy atom. The zero-order chi connectivity index (χ0) is 22.5. The summed E-state index contributed by atoms with van der Waals surface area (Å²) in [6, 6.07) is 14.2. The summed E-state index contributed by atoms with van der Waals surface area (Å²) in [7, 11) is 1.44. The molecule has 0 aliphatic rings. The number of nitrogens with zero attached hydrogens (tertiary/aromatic N) is 3. The molecule has 0 radical (unpaired) electrons. The Hall–Kier alpha value is -4.27. The van der Waals surface area contributed by atoms with Crippen LogP contribution in [0.25, 0.3) is 0 Å². The van der Waals surface area contributed by atoms with Gasteiger partial charge in [0.15, 0.2) is 11.5 Å². The fraction of sp³-hybridized carbons (Fsp3) is 0.136. The second-order valence-corrected chi connectivity index (χ2v) is 6.73. The summed E-state index contributed by atoms with van der Waals surface area (Å²) in [5.41, 5.74) is 2.81. The van der Waals surface area contributed by atoms with Gasteiger partial charge in [0, 0.05) is 12.3 Å². The van der Waals surface area contributed by atoms with Crippen LogP contribution in [0.15, 0.2) is 59.6 Å². The van der Waals surface area contributed by atoms with E-state index in [1.54, 1.807) is 24.4 Å². The standard InChI is InChI=1S/C22H19N3O6/c1-14-4-5-15(2)18(10-14)23-13-16-6-8-21(22(11-16)30-3)31-20-9-7-17(24(26)27)12-19(20)25(28)29/h4-13H,1-3H3. The molecule has 0 aromatic heterocycles. The minimum atomic E-state index is -0.736. The van der Waals surface area contributed by atoms with Crippen LogP contribution >= 0.6 is 0 Å². The highest BCUT2D eigenvalue weighted by atomic mass is 16.6. The molecule has 0 unspecified atom stereocenters. The van der Waals surface area contributed by atoms with Crippen molar-refractivity contribution >= 4 is 23.3 Å². The first-order chi connectivity index (χ1) is 14.8. The lowest BCUT2D eigenvalue weighted by atomic mass is 10.1. The monoisotopic (exact) mass is 421 g/mol. The highest BCUT2D eigenvalue weighted by Crippen LogP contribution is 2.38. The van der Waals surface area contributed by atoms with E-state index >= 15 is 0 Å². The Labute approximate surface area is 177 Å². The highest BCUT2D eigenvalue weighted by Gasteiger charge is 2.22. The number of aryl methyl sites for hydroxylation is 2. The fourth-order valence-electron chi connectivity index (χ4n) is 2.82. The molecule has 0 aliphatic heterocycles. The van der Waals surface area contributed by atoms with E-state index in [2.05, 4.69) is 4.99 Å². The van der Waals surface area contributed by atoms with Crippen molar-refractivity contribution in [2.45, 2.75) is 13.8 Å². The molecule has 9 heteroatoms. The van der Waals surface area contributed by atoms with Gasteiger partial charge in [0.1, 0.15) is 0 Å². The quantitative estimate of drug-likeness (QED) is 0.275. The van der Waals surface area contributed by atoms with Gasteiger partial charge in [-0.15, -0.1) is 0 Å². The maximum absolute atomic E-state index is 11.3. The SMILES string of the molecule is COc1cc(C=Nc2cc(C)ccc2C)ccc1Oc1ccc([N+](=O)[O-])cc1[N+](=O)[O-]. The Morgan fingerprint density at radius 1 is 0.871 bits per heavy atom. The predicted octanol–water partition coefficient (Wildman–Crippen LogP) is 5.67. The van der Waals surface area contributed by atoms with Crippen molar-refractivity contribution in [2.24, 2.45) is 4.99 Å². The van der Waals surface area contributed by atoms with E-state index < -0.39 is 21.2 Å². The largest absolute Gasteiger partial charge is 0.493 e. The lowest BCUT2D eigenvalue weighted by Gasteiger charge is -2.11. The van der Waals surface area contributed by atoms with Gasteiger partial charge < -0.3 is 9.47 Å². The van der Waals surface area contributed by atoms with Crippen molar-refractivity contribution in [1.29, 1.82) is 0 Å². The number of benzene rings is 3. The van der Waals surface area contributed by atoms with Gasteiger partial charge in [0.05, 0.1) is 28.7 Å². The van der Waals surface area contributed by atoms with E-state index in [0.29, 0.717) is 5.75 Å². The van der Waals surface area contributed by atoms with Gasteiger partial charge in [-0.2, -0.15) is 0 Å². The molecule has 3 rings (SSSR count). The van der Waals surface area contributed by atoms with E-state index in [1.807, 2.05) is 32.0 Å². The molecule has 0 heterocycles. The third-order valence-corrected chi connectivity index (χ3v) is 4.47. The third kappa shape index (κ3) is 5.02. The number of aliphatic imine (C=N–C) groups is 1. The second kappa shape index (κ2) is 9.04. The van der Waals surface area contributed by atoms with Gasteiger partial charge in [-0.3, -0.25) is 25.2 Å². The summed E-state index contributed by atoms with van der Waals surface area (Å²) < 4.78 is 11.0. The molecule has 31 heavy (non-hydrogen) atoms. The van der Waals surface area contributed by atoms with Crippen molar-refractivity contribution in [2.75, 3.05) is 7.11 Å². The lowest BCUT2D eigenvalue weighted by Crippen LogP contribution is -1.97. The first-order valence-electron chi connectivity index (χ1n) is 9.18. The molecular formula is C22H19N3O6. The average molecular weight is 421 g/mol. The molecule has 158 valence electrons. The zero-order valence-electron chi connectivity index (χ0n) is 17.1. The Bertz CT molecular complexity index is 1190. The van der Waals surface area contributed by atoms with Gasteiger partial charge in [-0.05, 0) is 60.9 Å². The maximum atomic E-state index is 11.3. The van der Waals surface area contributed by atoms with E-state index in [1.165, 1.54) is 13.2 Å². The van der Waals surface area contributed by atoms with Crippen LogP contribution < -0.4 is 9.47 Å². The van der Waals surface area contributed by atoms with Crippen LogP contribution in [0.1, 0.15) is 16.7 Å². The Kier molecular flexibility index (Phi) is 6.25. The summed E-state index contributed by atoms with van der Waals surface area (Å²) in [6.45, 7) is 3.96. The van der Waals surface area contributed by atoms with E-state index in [-0.39, 0.29) is 11.5 Å². The number of non-ortho nitro benzene ring substituents is 1. The van der Waals surface area contributed by atoms with Crippen molar-refractivity contribution in [3.8, 4) is 17.2 Å². The molecule has 0 aliphatic carbocycles. The third-order valence-electron chi connectivity index (χ3n) is 4.47. The van der Waals surface area contributed by atoms with E-state index in [4.69, 9.17) is 9.47 Å². The molecule has 0 saturated carbocycles. The topological polar surface area (TPSA) is 117 Å². The number of hydrogen-bond acceptors (Lipinski definition) is 7. The van der Waals surface area contributed by atoms with E-state index in [0.717, 1.165) is 34.5 Å². The molecule has 3 aromatic carbocycles. The van der Waals surface area contributed by atoms with Gasteiger partial charge in [0.2, 0.25) is 5.75 Å². The van der Waals surface area contributed by atoms with Crippen molar-refractivity contribution in [3.63, 3.8) is 0 Å².